The van der Waals surface area contributed by atoms with E-state index in [0.29, 0.717) is 0 Å². The lowest BCUT2D eigenvalue weighted by molar-refractivity contribution is 0.652. The first-order valence-corrected chi connectivity index (χ1v) is 21.4. The fourth-order valence-electron chi connectivity index (χ4n) is 12.0. The summed E-state index contributed by atoms with van der Waals surface area (Å²) in [4.78, 5) is 2.58. The van der Waals surface area contributed by atoms with E-state index in [-0.39, 0.29) is 21.7 Å². The first-order chi connectivity index (χ1) is 28.3. The number of fused-ring (bicyclic) bond motifs is 14. The average molecular weight is 760 g/mol. The normalized spacial score (nSPS) is 17.0. The zero-order chi connectivity index (χ0) is 40.4. The van der Waals surface area contributed by atoms with Crippen LogP contribution in [0, 0.1) is 0 Å². The molecule has 0 bridgehead atoms. The third-order valence-electron chi connectivity index (χ3n) is 15.3. The lowest BCUT2D eigenvalue weighted by Gasteiger charge is -2.32. The highest BCUT2D eigenvalue weighted by Gasteiger charge is 2.44. The second-order valence-corrected chi connectivity index (χ2v) is 19.7. The van der Waals surface area contributed by atoms with Gasteiger partial charge in [-0.05, 0) is 137 Å². The molecule has 0 saturated carbocycles. The van der Waals surface area contributed by atoms with Gasteiger partial charge in [-0.25, -0.2) is 0 Å². The second kappa shape index (κ2) is 11.3. The molecule has 12 rings (SSSR count). The van der Waals surface area contributed by atoms with Crippen molar-refractivity contribution in [3.05, 3.63) is 196 Å². The minimum atomic E-state index is -0.213. The molecule has 0 heterocycles. The van der Waals surface area contributed by atoms with Gasteiger partial charge in [0.05, 0.1) is 5.69 Å². The Kier molecular flexibility index (Phi) is 6.67. The van der Waals surface area contributed by atoms with Gasteiger partial charge in [-0.15, -0.1) is 0 Å². The highest BCUT2D eigenvalue weighted by molar-refractivity contribution is 6.11. The molecule has 0 aromatic heterocycles. The third kappa shape index (κ3) is 4.36. The number of nitrogens with zero attached hydrogens (tertiary/aromatic N) is 1. The predicted octanol–water partition coefficient (Wildman–Crippen LogP) is 15.5. The summed E-state index contributed by atoms with van der Waals surface area (Å²) in [7, 11) is 0. The largest absolute Gasteiger partial charge is 0.310 e. The fraction of sp³-hybridized carbons (Fsp3) is 0.207. The van der Waals surface area contributed by atoms with Crippen LogP contribution in [-0.2, 0) is 21.7 Å². The standard InChI is InChI=1S/C58H49N/c1-55(2)45-22-14-11-17-36(45)39-27-25-34(29-48(39)55)59(35-26-28-40-37-18-12-15-23-46(37)56(3,4)49(40)30-35)53-33-52-54(42-21-10-9-20-41(42)53)44-32-50-43(31-51(44)58(52,7)8)38-19-13-16-24-47(38)57(50,5)6/h9-33H,1-8H3. The van der Waals surface area contributed by atoms with Crippen LogP contribution in [0.4, 0.5) is 17.1 Å². The summed E-state index contributed by atoms with van der Waals surface area (Å²) in [6, 6.07) is 58.4. The summed E-state index contributed by atoms with van der Waals surface area (Å²) in [6.45, 7) is 19.3. The average Bonchev–Trinajstić information content (AvgIpc) is 3.80. The minimum Gasteiger partial charge on any atom is -0.310 e. The Balaban J connectivity index is 1.12. The summed E-state index contributed by atoms with van der Waals surface area (Å²) >= 11 is 0. The number of hydrogen-bond donors (Lipinski definition) is 0. The Bertz CT molecular complexity index is 3060. The predicted molar refractivity (Wildman–Crippen MR) is 249 cm³/mol. The van der Waals surface area contributed by atoms with Crippen molar-refractivity contribution in [2.75, 3.05) is 4.90 Å². The smallest absolute Gasteiger partial charge is 0.0543 e. The summed E-state index contributed by atoms with van der Waals surface area (Å²) in [5, 5.41) is 2.58. The van der Waals surface area contributed by atoms with Crippen LogP contribution in [0.1, 0.15) is 99.9 Å². The van der Waals surface area contributed by atoms with Crippen molar-refractivity contribution in [1.82, 2.24) is 0 Å². The Morgan fingerprint density at radius 3 is 1.19 bits per heavy atom. The Labute approximate surface area is 349 Å². The molecule has 0 radical (unpaired) electrons. The highest BCUT2D eigenvalue weighted by atomic mass is 15.1. The van der Waals surface area contributed by atoms with Crippen LogP contribution in [-0.4, -0.2) is 0 Å². The van der Waals surface area contributed by atoms with E-state index in [2.05, 4.69) is 212 Å². The summed E-state index contributed by atoms with van der Waals surface area (Å²) in [6.07, 6.45) is 0. The molecule has 0 saturated heterocycles. The summed E-state index contributed by atoms with van der Waals surface area (Å²) < 4.78 is 0. The maximum Gasteiger partial charge on any atom is 0.0543 e. The molecule has 1 heteroatoms. The molecule has 0 atom stereocenters. The van der Waals surface area contributed by atoms with Crippen LogP contribution in [0.15, 0.2) is 152 Å². The molecule has 0 fully saturated rings. The molecule has 0 N–H and O–H groups in total. The molecule has 4 aliphatic rings. The lowest BCUT2D eigenvalue weighted by atomic mass is 9.79. The van der Waals surface area contributed by atoms with Crippen molar-refractivity contribution in [3.63, 3.8) is 0 Å². The summed E-state index contributed by atoms with van der Waals surface area (Å²) in [5.74, 6) is 0. The maximum atomic E-state index is 2.58. The molecular formula is C58H49N. The van der Waals surface area contributed by atoms with Crippen molar-refractivity contribution >= 4 is 27.8 Å². The topological polar surface area (TPSA) is 3.24 Å². The van der Waals surface area contributed by atoms with Gasteiger partial charge in [0.25, 0.3) is 0 Å². The molecular weight excluding hydrogens is 711 g/mol. The molecule has 59 heavy (non-hydrogen) atoms. The number of anilines is 3. The van der Waals surface area contributed by atoms with E-state index in [1.54, 1.807) is 0 Å². The maximum absolute atomic E-state index is 2.58. The minimum absolute atomic E-state index is 0.0671. The van der Waals surface area contributed by atoms with Gasteiger partial charge in [-0.3, -0.25) is 0 Å². The number of benzene rings is 8. The van der Waals surface area contributed by atoms with Crippen molar-refractivity contribution in [3.8, 4) is 44.5 Å². The quantitative estimate of drug-likeness (QED) is 0.173. The SMILES string of the molecule is CC1(C)c2ccccc2-c2ccc(N(c3ccc4c(c3)C(C)(C)c3ccccc3-4)c3cc4c(c5ccccc35)-c3cc5c(cc3C4(C)C)-c3ccccc3C5(C)C)cc21. The second-order valence-electron chi connectivity index (χ2n) is 19.7. The zero-order valence-electron chi connectivity index (χ0n) is 35.4. The van der Waals surface area contributed by atoms with Gasteiger partial charge in [0.1, 0.15) is 0 Å². The molecule has 0 unspecified atom stereocenters. The zero-order valence-corrected chi connectivity index (χ0v) is 35.4. The number of rotatable bonds is 3. The van der Waals surface area contributed by atoms with E-state index in [0.717, 1.165) is 0 Å². The molecule has 0 aliphatic heterocycles. The molecule has 286 valence electrons. The number of hydrogen-bond acceptors (Lipinski definition) is 1. The fourth-order valence-corrected chi connectivity index (χ4v) is 12.0. The molecule has 1 nitrogen and oxygen atoms in total. The van der Waals surface area contributed by atoms with Crippen LogP contribution in [0.2, 0.25) is 0 Å². The van der Waals surface area contributed by atoms with Gasteiger partial charge < -0.3 is 4.90 Å². The lowest BCUT2D eigenvalue weighted by Crippen LogP contribution is -2.19. The first kappa shape index (κ1) is 34.8. The Hall–Kier alpha value is -6.18. The van der Waals surface area contributed by atoms with Crippen LogP contribution >= 0.6 is 0 Å². The van der Waals surface area contributed by atoms with Crippen LogP contribution in [0.25, 0.3) is 55.3 Å². The molecule has 0 amide bonds. The summed E-state index contributed by atoms with van der Waals surface area (Å²) in [5.41, 5.74) is 25.2. The monoisotopic (exact) mass is 759 g/mol. The molecule has 8 aromatic rings. The van der Waals surface area contributed by atoms with Gasteiger partial charge in [0.2, 0.25) is 0 Å². The van der Waals surface area contributed by atoms with Crippen LogP contribution in [0.5, 0.6) is 0 Å². The van der Waals surface area contributed by atoms with Gasteiger partial charge in [-0.1, -0.05) is 165 Å². The van der Waals surface area contributed by atoms with Gasteiger partial charge in [-0.2, -0.15) is 0 Å². The van der Waals surface area contributed by atoms with Crippen molar-refractivity contribution in [1.29, 1.82) is 0 Å². The molecule has 8 aromatic carbocycles. The van der Waals surface area contributed by atoms with E-state index in [1.807, 2.05) is 0 Å². The molecule has 4 aliphatic carbocycles. The molecule has 0 spiro atoms. The van der Waals surface area contributed by atoms with E-state index in [1.165, 1.54) is 117 Å². The van der Waals surface area contributed by atoms with E-state index >= 15 is 0 Å². The van der Waals surface area contributed by atoms with Gasteiger partial charge in [0.15, 0.2) is 0 Å². The van der Waals surface area contributed by atoms with Crippen LogP contribution < -0.4 is 4.90 Å². The first-order valence-electron chi connectivity index (χ1n) is 21.4. The Morgan fingerprint density at radius 2 is 0.661 bits per heavy atom. The van der Waals surface area contributed by atoms with E-state index < -0.39 is 0 Å². The van der Waals surface area contributed by atoms with Crippen molar-refractivity contribution in [2.45, 2.75) is 77.0 Å². The van der Waals surface area contributed by atoms with Crippen molar-refractivity contribution < 1.29 is 0 Å². The highest BCUT2D eigenvalue weighted by Crippen LogP contribution is 2.60. The van der Waals surface area contributed by atoms with Gasteiger partial charge >= 0.3 is 0 Å². The van der Waals surface area contributed by atoms with Gasteiger partial charge in [0, 0.05) is 38.4 Å². The van der Waals surface area contributed by atoms with Crippen LogP contribution in [0.3, 0.4) is 0 Å². The third-order valence-corrected chi connectivity index (χ3v) is 15.3. The van der Waals surface area contributed by atoms with Crippen molar-refractivity contribution in [2.24, 2.45) is 0 Å². The van der Waals surface area contributed by atoms with E-state index in [4.69, 9.17) is 0 Å². The Morgan fingerprint density at radius 1 is 0.288 bits per heavy atom. The van der Waals surface area contributed by atoms with E-state index in [9.17, 15) is 0 Å².